The molecule has 2 heterocycles. The minimum absolute atomic E-state index is 0.115. The Bertz CT molecular complexity index is 1000. The molecular formula is C19H20ClN5OS2. The predicted molar refractivity (Wildman–Crippen MR) is 114 cm³/mol. The molecule has 1 aliphatic carbocycles. The van der Waals surface area contributed by atoms with Crippen molar-refractivity contribution in [1.29, 1.82) is 0 Å². The van der Waals surface area contributed by atoms with Crippen LogP contribution in [0.15, 0.2) is 29.0 Å². The number of amides is 1. The highest BCUT2D eigenvalue weighted by molar-refractivity contribution is 7.98. The van der Waals surface area contributed by atoms with E-state index >= 15 is 0 Å². The summed E-state index contributed by atoms with van der Waals surface area (Å²) in [6, 6.07) is 4.43. The number of benzene rings is 1. The molecule has 1 amide bonds. The van der Waals surface area contributed by atoms with Gasteiger partial charge in [0.15, 0.2) is 10.3 Å². The Hall–Kier alpha value is -1.90. The first kappa shape index (κ1) is 19.4. The number of thiazole rings is 1. The van der Waals surface area contributed by atoms with Crippen LogP contribution in [0.2, 0.25) is 5.02 Å². The number of carbonyl (C=O) groups excluding carboxylic acids is 1. The molecule has 1 fully saturated rings. The van der Waals surface area contributed by atoms with Gasteiger partial charge >= 0.3 is 0 Å². The van der Waals surface area contributed by atoms with Crippen molar-refractivity contribution in [3.8, 4) is 0 Å². The van der Waals surface area contributed by atoms with Crippen molar-refractivity contribution in [2.24, 2.45) is 0 Å². The number of halogens is 1. The third kappa shape index (κ3) is 3.94. The second-order valence-electron chi connectivity index (χ2n) is 6.93. The van der Waals surface area contributed by atoms with E-state index in [0.29, 0.717) is 27.6 Å². The van der Waals surface area contributed by atoms with Crippen molar-refractivity contribution in [1.82, 2.24) is 19.7 Å². The maximum absolute atomic E-state index is 12.4. The third-order valence-corrected chi connectivity index (χ3v) is 6.65. The van der Waals surface area contributed by atoms with Gasteiger partial charge in [-0.15, -0.1) is 21.5 Å². The standard InChI is InChI=1S/C19H20ClN5OS2/c1-11-6-12(2)17(16(20)7-11)25(13(3)26)18-22-14(8-27-18)9-28-19-23-21-10-24(19)15-4-5-15/h6-8,10,15H,4-5,9H2,1-3H3. The number of thioether (sulfide) groups is 1. The summed E-state index contributed by atoms with van der Waals surface area (Å²) in [5.41, 5.74) is 3.61. The summed E-state index contributed by atoms with van der Waals surface area (Å²) in [6.07, 6.45) is 4.18. The second-order valence-corrected chi connectivity index (χ2v) is 9.11. The number of aryl methyl sites for hydroxylation is 2. The van der Waals surface area contributed by atoms with Crippen LogP contribution >= 0.6 is 34.7 Å². The number of nitrogens with zero attached hydrogens (tertiary/aromatic N) is 5. The molecule has 0 aliphatic heterocycles. The molecule has 0 N–H and O–H groups in total. The van der Waals surface area contributed by atoms with Gasteiger partial charge in [0.2, 0.25) is 5.91 Å². The molecule has 0 bridgehead atoms. The fourth-order valence-corrected chi connectivity index (χ4v) is 5.38. The summed E-state index contributed by atoms with van der Waals surface area (Å²) < 4.78 is 2.13. The van der Waals surface area contributed by atoms with Crippen LogP contribution in [0.5, 0.6) is 0 Å². The highest BCUT2D eigenvalue weighted by Crippen LogP contribution is 2.39. The first-order chi connectivity index (χ1) is 13.4. The monoisotopic (exact) mass is 433 g/mol. The topological polar surface area (TPSA) is 63.9 Å². The summed E-state index contributed by atoms with van der Waals surface area (Å²) in [6.45, 7) is 5.47. The van der Waals surface area contributed by atoms with Crippen LogP contribution < -0.4 is 4.90 Å². The molecule has 4 rings (SSSR count). The second kappa shape index (κ2) is 7.85. The van der Waals surface area contributed by atoms with Gasteiger partial charge in [0.1, 0.15) is 6.33 Å². The van der Waals surface area contributed by atoms with Gasteiger partial charge in [-0.3, -0.25) is 9.69 Å². The Morgan fingerprint density at radius 3 is 2.86 bits per heavy atom. The van der Waals surface area contributed by atoms with Crippen LogP contribution in [0.1, 0.15) is 42.6 Å². The van der Waals surface area contributed by atoms with E-state index in [1.54, 1.807) is 23.0 Å². The average molecular weight is 434 g/mol. The lowest BCUT2D eigenvalue weighted by atomic mass is 10.1. The van der Waals surface area contributed by atoms with E-state index in [9.17, 15) is 4.79 Å². The fraction of sp³-hybridized carbons (Fsp3) is 0.368. The third-order valence-electron chi connectivity index (χ3n) is 4.50. The number of aromatic nitrogens is 4. The molecule has 0 atom stereocenters. The van der Waals surface area contributed by atoms with E-state index in [2.05, 4.69) is 19.7 Å². The Labute approximate surface area is 176 Å². The lowest BCUT2D eigenvalue weighted by Crippen LogP contribution is -2.24. The van der Waals surface area contributed by atoms with Crippen molar-refractivity contribution in [2.45, 2.75) is 50.6 Å². The Morgan fingerprint density at radius 2 is 2.18 bits per heavy atom. The molecule has 146 valence electrons. The van der Waals surface area contributed by atoms with Crippen LogP contribution in [-0.2, 0) is 10.5 Å². The smallest absolute Gasteiger partial charge is 0.230 e. The molecule has 28 heavy (non-hydrogen) atoms. The summed E-state index contributed by atoms with van der Waals surface area (Å²) in [5.74, 6) is 0.560. The summed E-state index contributed by atoms with van der Waals surface area (Å²) in [7, 11) is 0. The first-order valence-electron chi connectivity index (χ1n) is 8.98. The molecule has 3 aromatic rings. The van der Waals surface area contributed by atoms with Gasteiger partial charge in [0.05, 0.1) is 16.4 Å². The van der Waals surface area contributed by atoms with Gasteiger partial charge in [-0.05, 0) is 43.9 Å². The van der Waals surface area contributed by atoms with Crippen molar-refractivity contribution >= 4 is 51.4 Å². The molecule has 0 saturated heterocycles. The molecule has 6 nitrogen and oxygen atoms in total. The average Bonchev–Trinajstić information content (AvgIpc) is 3.18. The molecule has 1 saturated carbocycles. The largest absolute Gasteiger partial charge is 0.306 e. The first-order valence-corrected chi connectivity index (χ1v) is 11.2. The van der Waals surface area contributed by atoms with Crippen molar-refractivity contribution < 1.29 is 4.79 Å². The van der Waals surface area contributed by atoms with Crippen molar-refractivity contribution in [3.63, 3.8) is 0 Å². The van der Waals surface area contributed by atoms with Crippen LogP contribution in [-0.4, -0.2) is 25.7 Å². The minimum Gasteiger partial charge on any atom is -0.306 e. The minimum atomic E-state index is -0.115. The van der Waals surface area contributed by atoms with Crippen LogP contribution in [0.3, 0.4) is 0 Å². The van der Waals surface area contributed by atoms with E-state index in [1.807, 2.05) is 31.4 Å². The van der Waals surface area contributed by atoms with Crippen molar-refractivity contribution in [3.05, 3.63) is 45.7 Å². The van der Waals surface area contributed by atoms with E-state index in [0.717, 1.165) is 22.0 Å². The van der Waals surface area contributed by atoms with E-state index in [-0.39, 0.29) is 5.91 Å². The lowest BCUT2D eigenvalue weighted by molar-refractivity contribution is -0.115. The number of carbonyl (C=O) groups is 1. The normalized spacial score (nSPS) is 13.7. The van der Waals surface area contributed by atoms with Gasteiger partial charge in [0.25, 0.3) is 0 Å². The highest BCUT2D eigenvalue weighted by atomic mass is 35.5. The summed E-state index contributed by atoms with van der Waals surface area (Å²) >= 11 is 9.53. The van der Waals surface area contributed by atoms with E-state index in [4.69, 9.17) is 11.6 Å². The fourth-order valence-electron chi connectivity index (χ4n) is 3.12. The Balaban J connectivity index is 1.56. The maximum Gasteiger partial charge on any atom is 0.230 e. The number of hydrogen-bond acceptors (Lipinski definition) is 6. The predicted octanol–water partition coefficient (Wildman–Crippen LogP) is 5.32. The zero-order valence-corrected chi connectivity index (χ0v) is 18.2. The lowest BCUT2D eigenvalue weighted by Gasteiger charge is -2.22. The summed E-state index contributed by atoms with van der Waals surface area (Å²) in [5, 5.41) is 12.3. The molecular weight excluding hydrogens is 414 g/mol. The van der Waals surface area contributed by atoms with Gasteiger partial charge in [-0.25, -0.2) is 4.98 Å². The maximum atomic E-state index is 12.4. The van der Waals surface area contributed by atoms with Crippen LogP contribution in [0.4, 0.5) is 10.8 Å². The van der Waals surface area contributed by atoms with E-state index in [1.165, 1.54) is 31.1 Å². The highest BCUT2D eigenvalue weighted by Gasteiger charge is 2.26. The van der Waals surface area contributed by atoms with E-state index < -0.39 is 0 Å². The Kier molecular flexibility index (Phi) is 5.44. The summed E-state index contributed by atoms with van der Waals surface area (Å²) in [4.78, 5) is 18.7. The van der Waals surface area contributed by atoms with Crippen LogP contribution in [0.25, 0.3) is 0 Å². The molecule has 0 unspecified atom stereocenters. The number of rotatable bonds is 6. The Morgan fingerprint density at radius 1 is 1.39 bits per heavy atom. The molecule has 0 spiro atoms. The molecule has 1 aliphatic rings. The van der Waals surface area contributed by atoms with Gasteiger partial charge in [-0.2, -0.15) is 0 Å². The molecule has 1 aromatic carbocycles. The van der Waals surface area contributed by atoms with Gasteiger partial charge in [0, 0.05) is 24.1 Å². The zero-order chi connectivity index (χ0) is 19.8. The van der Waals surface area contributed by atoms with Gasteiger partial charge in [-0.1, -0.05) is 29.4 Å². The SMILES string of the molecule is CC(=O)N(c1nc(CSc2nncn2C2CC2)cs1)c1c(C)cc(C)cc1Cl. The number of anilines is 2. The number of hydrogen-bond donors (Lipinski definition) is 0. The molecule has 0 radical (unpaired) electrons. The van der Waals surface area contributed by atoms with Crippen molar-refractivity contribution in [2.75, 3.05) is 4.90 Å². The quantitative estimate of drug-likeness (QED) is 0.492. The molecule has 9 heteroatoms. The zero-order valence-electron chi connectivity index (χ0n) is 15.8. The molecule has 2 aromatic heterocycles. The van der Waals surface area contributed by atoms with Gasteiger partial charge < -0.3 is 4.57 Å². The van der Waals surface area contributed by atoms with Crippen LogP contribution in [0, 0.1) is 13.8 Å².